The molecule has 0 unspecified atom stereocenters. The number of rotatable bonds is 3. The fourth-order valence-electron chi connectivity index (χ4n) is 1.54. The van der Waals surface area contributed by atoms with Crippen molar-refractivity contribution in [3.05, 3.63) is 53.3 Å². The molecular formula is C13H12N4O. The maximum Gasteiger partial charge on any atom is 0.251 e. The molecule has 0 aliphatic heterocycles. The molecule has 0 atom stereocenters. The van der Waals surface area contributed by atoms with Crippen LogP contribution in [0.25, 0.3) is 0 Å². The fourth-order valence-corrected chi connectivity index (χ4v) is 1.54. The summed E-state index contributed by atoms with van der Waals surface area (Å²) in [6.07, 6.45) is 3.55. The van der Waals surface area contributed by atoms with Gasteiger partial charge < -0.3 is 5.32 Å². The number of nitrogens with zero attached hydrogens (tertiary/aromatic N) is 3. The Hall–Kier alpha value is -2.61. The van der Waals surface area contributed by atoms with E-state index in [9.17, 15) is 4.79 Å². The Kier molecular flexibility index (Phi) is 3.39. The Balaban J connectivity index is 1.97. The molecule has 1 aromatic heterocycles. The van der Waals surface area contributed by atoms with Gasteiger partial charge in [0.05, 0.1) is 17.8 Å². The molecule has 0 spiro atoms. The summed E-state index contributed by atoms with van der Waals surface area (Å²) in [4.78, 5) is 11.8. The minimum atomic E-state index is -0.164. The van der Waals surface area contributed by atoms with Crippen molar-refractivity contribution in [2.24, 2.45) is 7.05 Å². The van der Waals surface area contributed by atoms with E-state index in [1.807, 2.05) is 19.3 Å². The van der Waals surface area contributed by atoms with Crippen LogP contribution in [0.4, 0.5) is 0 Å². The molecule has 1 aromatic carbocycles. The first-order valence-corrected chi connectivity index (χ1v) is 5.45. The van der Waals surface area contributed by atoms with Crippen molar-refractivity contribution >= 4 is 5.91 Å². The van der Waals surface area contributed by atoms with Crippen LogP contribution in [-0.2, 0) is 13.6 Å². The average molecular weight is 240 g/mol. The molecule has 18 heavy (non-hydrogen) atoms. The second kappa shape index (κ2) is 5.15. The highest BCUT2D eigenvalue weighted by atomic mass is 16.1. The molecule has 0 radical (unpaired) electrons. The van der Waals surface area contributed by atoms with Gasteiger partial charge in [0.25, 0.3) is 5.91 Å². The van der Waals surface area contributed by atoms with Crippen molar-refractivity contribution < 1.29 is 4.79 Å². The van der Waals surface area contributed by atoms with E-state index in [0.717, 1.165) is 5.56 Å². The van der Waals surface area contributed by atoms with Crippen molar-refractivity contribution in [3.8, 4) is 6.07 Å². The highest BCUT2D eigenvalue weighted by Gasteiger charge is 2.05. The normalized spacial score (nSPS) is 9.78. The van der Waals surface area contributed by atoms with Crippen LogP contribution in [-0.4, -0.2) is 15.7 Å². The molecule has 1 heterocycles. The van der Waals surface area contributed by atoms with E-state index >= 15 is 0 Å². The zero-order valence-corrected chi connectivity index (χ0v) is 9.92. The van der Waals surface area contributed by atoms with Crippen LogP contribution in [0.1, 0.15) is 21.5 Å². The highest BCUT2D eigenvalue weighted by molar-refractivity contribution is 5.94. The average Bonchev–Trinajstić information content (AvgIpc) is 2.82. The molecule has 5 heteroatoms. The molecule has 1 amide bonds. The molecule has 0 saturated heterocycles. The van der Waals surface area contributed by atoms with Crippen LogP contribution < -0.4 is 5.32 Å². The predicted octanol–water partition coefficient (Wildman–Crippen LogP) is 1.22. The van der Waals surface area contributed by atoms with Gasteiger partial charge >= 0.3 is 0 Å². The third-order valence-corrected chi connectivity index (χ3v) is 2.49. The van der Waals surface area contributed by atoms with Gasteiger partial charge in [-0.15, -0.1) is 0 Å². The summed E-state index contributed by atoms with van der Waals surface area (Å²) < 4.78 is 1.68. The fraction of sp³-hybridized carbons (Fsp3) is 0.154. The van der Waals surface area contributed by atoms with Gasteiger partial charge in [-0.2, -0.15) is 10.4 Å². The SMILES string of the molecule is Cn1cc(CNC(=O)c2ccc(C#N)cc2)cn1. The molecule has 0 bridgehead atoms. The molecule has 0 aliphatic rings. The number of aryl methyl sites for hydroxylation is 1. The van der Waals surface area contributed by atoms with Gasteiger partial charge in [-0.25, -0.2) is 0 Å². The number of benzene rings is 1. The Bertz CT molecular complexity index is 592. The lowest BCUT2D eigenvalue weighted by Gasteiger charge is -2.03. The predicted molar refractivity (Wildman–Crippen MR) is 65.5 cm³/mol. The Labute approximate surface area is 105 Å². The highest BCUT2D eigenvalue weighted by Crippen LogP contribution is 2.04. The molecule has 90 valence electrons. The summed E-state index contributed by atoms with van der Waals surface area (Å²) in [6.45, 7) is 0.437. The van der Waals surface area contributed by atoms with Crippen LogP contribution in [0.5, 0.6) is 0 Å². The number of nitriles is 1. The van der Waals surface area contributed by atoms with E-state index in [-0.39, 0.29) is 5.91 Å². The summed E-state index contributed by atoms with van der Waals surface area (Å²) in [5.74, 6) is -0.164. The zero-order chi connectivity index (χ0) is 13.0. The Morgan fingerprint density at radius 3 is 2.72 bits per heavy atom. The molecule has 1 N–H and O–H groups in total. The summed E-state index contributed by atoms with van der Waals surface area (Å²) in [5.41, 5.74) is 2.02. The number of nitrogens with one attached hydrogen (secondary N) is 1. The summed E-state index contributed by atoms with van der Waals surface area (Å²) in [7, 11) is 1.83. The van der Waals surface area contributed by atoms with E-state index in [1.54, 1.807) is 35.1 Å². The number of carbonyl (C=O) groups is 1. The van der Waals surface area contributed by atoms with Crippen LogP contribution in [0.15, 0.2) is 36.7 Å². The lowest BCUT2D eigenvalue weighted by molar-refractivity contribution is 0.0951. The van der Waals surface area contributed by atoms with Crippen LogP contribution >= 0.6 is 0 Å². The van der Waals surface area contributed by atoms with E-state index in [1.165, 1.54) is 0 Å². The first kappa shape index (κ1) is 11.9. The minimum absolute atomic E-state index is 0.164. The molecule has 2 rings (SSSR count). The number of carbonyl (C=O) groups excluding carboxylic acids is 1. The maximum absolute atomic E-state index is 11.8. The Morgan fingerprint density at radius 1 is 1.44 bits per heavy atom. The van der Waals surface area contributed by atoms with Gasteiger partial charge in [0.15, 0.2) is 0 Å². The van der Waals surface area contributed by atoms with Crippen molar-refractivity contribution in [3.63, 3.8) is 0 Å². The molecule has 2 aromatic rings. The van der Waals surface area contributed by atoms with Crippen LogP contribution in [0.3, 0.4) is 0 Å². The number of amides is 1. The van der Waals surface area contributed by atoms with Crippen molar-refractivity contribution in [1.29, 1.82) is 5.26 Å². The Morgan fingerprint density at radius 2 is 2.17 bits per heavy atom. The van der Waals surface area contributed by atoms with E-state index in [4.69, 9.17) is 5.26 Å². The van der Waals surface area contributed by atoms with Crippen molar-refractivity contribution in [2.45, 2.75) is 6.54 Å². The molecule has 0 saturated carbocycles. The van der Waals surface area contributed by atoms with Gasteiger partial charge in [0, 0.05) is 30.9 Å². The first-order chi connectivity index (χ1) is 8.69. The zero-order valence-electron chi connectivity index (χ0n) is 9.92. The lowest BCUT2D eigenvalue weighted by Crippen LogP contribution is -2.22. The van der Waals surface area contributed by atoms with Crippen LogP contribution in [0, 0.1) is 11.3 Å². The van der Waals surface area contributed by atoms with E-state index in [2.05, 4.69) is 10.4 Å². The summed E-state index contributed by atoms with van der Waals surface area (Å²) in [6, 6.07) is 8.53. The monoisotopic (exact) mass is 240 g/mol. The van der Waals surface area contributed by atoms with Crippen LogP contribution in [0.2, 0.25) is 0 Å². The third kappa shape index (κ3) is 2.74. The number of aromatic nitrogens is 2. The van der Waals surface area contributed by atoms with Gasteiger partial charge in [0.2, 0.25) is 0 Å². The second-order valence-corrected chi connectivity index (χ2v) is 3.89. The quantitative estimate of drug-likeness (QED) is 0.876. The van der Waals surface area contributed by atoms with E-state index in [0.29, 0.717) is 17.7 Å². The second-order valence-electron chi connectivity index (χ2n) is 3.89. The minimum Gasteiger partial charge on any atom is -0.348 e. The largest absolute Gasteiger partial charge is 0.348 e. The number of hydrogen-bond donors (Lipinski definition) is 1. The lowest BCUT2D eigenvalue weighted by atomic mass is 10.1. The summed E-state index contributed by atoms with van der Waals surface area (Å²) >= 11 is 0. The van der Waals surface area contributed by atoms with Crippen molar-refractivity contribution in [2.75, 3.05) is 0 Å². The third-order valence-electron chi connectivity index (χ3n) is 2.49. The smallest absolute Gasteiger partial charge is 0.251 e. The molecule has 0 aliphatic carbocycles. The number of hydrogen-bond acceptors (Lipinski definition) is 3. The maximum atomic E-state index is 11.8. The topological polar surface area (TPSA) is 70.7 Å². The summed E-state index contributed by atoms with van der Waals surface area (Å²) in [5, 5.41) is 15.5. The van der Waals surface area contributed by atoms with Gasteiger partial charge in [-0.1, -0.05) is 0 Å². The van der Waals surface area contributed by atoms with Gasteiger partial charge in [-0.3, -0.25) is 9.48 Å². The van der Waals surface area contributed by atoms with Gasteiger partial charge in [-0.05, 0) is 24.3 Å². The van der Waals surface area contributed by atoms with E-state index < -0.39 is 0 Å². The van der Waals surface area contributed by atoms with Crippen molar-refractivity contribution in [1.82, 2.24) is 15.1 Å². The molecular weight excluding hydrogens is 228 g/mol. The first-order valence-electron chi connectivity index (χ1n) is 5.45. The molecule has 5 nitrogen and oxygen atoms in total. The standard InChI is InChI=1S/C13H12N4O/c1-17-9-11(8-16-17)7-15-13(18)12-4-2-10(6-14)3-5-12/h2-5,8-9H,7H2,1H3,(H,15,18). The van der Waals surface area contributed by atoms with Gasteiger partial charge in [0.1, 0.15) is 0 Å². The molecule has 0 fully saturated rings.